The summed E-state index contributed by atoms with van der Waals surface area (Å²) in [5.74, 6) is -0.765. The number of nitrogens with zero attached hydrogens (tertiary/aromatic N) is 3. The first-order valence-corrected chi connectivity index (χ1v) is 9.03. The molecule has 7 nitrogen and oxygen atoms in total. The van der Waals surface area contributed by atoms with Gasteiger partial charge in [0.2, 0.25) is 5.91 Å². The first-order valence-electron chi connectivity index (χ1n) is 8.15. The number of carbonyl (C=O) groups excluding carboxylic acids is 1. The summed E-state index contributed by atoms with van der Waals surface area (Å²) in [4.78, 5) is 26.5. The van der Waals surface area contributed by atoms with Gasteiger partial charge in [-0.3, -0.25) is 14.9 Å². The average Bonchev–Trinajstić information content (AvgIpc) is 2.60. The molecule has 0 saturated heterocycles. The van der Waals surface area contributed by atoms with Crippen LogP contribution in [0.25, 0.3) is 0 Å². The molecule has 0 radical (unpaired) electrons. The Labute approximate surface area is 168 Å². The number of hydrogen-bond acceptors (Lipinski definition) is 6. The van der Waals surface area contributed by atoms with Crippen LogP contribution in [0.3, 0.4) is 0 Å². The molecule has 1 atom stereocenters. The van der Waals surface area contributed by atoms with Gasteiger partial charge in [0.05, 0.1) is 27.0 Å². The maximum absolute atomic E-state index is 13.3. The molecule has 0 spiro atoms. The molecule has 2 aromatic rings. The lowest BCUT2D eigenvalue weighted by Crippen LogP contribution is -2.24. The monoisotopic (exact) mass is 424 g/mol. The Morgan fingerprint density at radius 2 is 2.00 bits per heavy atom. The van der Waals surface area contributed by atoms with Gasteiger partial charge in [0.1, 0.15) is 11.1 Å². The summed E-state index contributed by atoms with van der Waals surface area (Å²) in [7, 11) is 0. The zero-order valence-corrected chi connectivity index (χ0v) is 16.3. The van der Waals surface area contributed by atoms with Gasteiger partial charge >= 0.3 is 6.18 Å². The Morgan fingerprint density at radius 3 is 2.55 bits per heavy atom. The molecule has 1 unspecified atom stereocenters. The molecule has 1 amide bonds. The fourth-order valence-corrected chi connectivity index (χ4v) is 3.49. The van der Waals surface area contributed by atoms with Gasteiger partial charge in [-0.05, 0) is 38.5 Å². The van der Waals surface area contributed by atoms with Crippen LogP contribution in [0.15, 0.2) is 29.3 Å². The molecule has 0 bridgehead atoms. The molecule has 1 N–H and O–H groups in total. The van der Waals surface area contributed by atoms with Crippen LogP contribution < -0.4 is 5.32 Å². The van der Waals surface area contributed by atoms with Gasteiger partial charge in [0.15, 0.2) is 0 Å². The number of amides is 1. The van der Waals surface area contributed by atoms with Crippen LogP contribution in [0.1, 0.15) is 29.3 Å². The van der Waals surface area contributed by atoms with Crippen LogP contribution in [-0.2, 0) is 11.0 Å². The standard InChI is InChI=1S/C18H15F3N4O3S/c1-9-6-10(2)23-17(13(9)8-22)29-11(3)16(26)24-15-5-4-12(25(27)28)7-14(15)18(19,20)21/h4-7,11H,1-3H3,(H,24,26). The van der Waals surface area contributed by atoms with E-state index in [1.54, 1.807) is 19.9 Å². The lowest BCUT2D eigenvalue weighted by atomic mass is 10.1. The Balaban J connectivity index is 2.29. The topological polar surface area (TPSA) is 109 Å². The van der Waals surface area contributed by atoms with Gasteiger partial charge in [-0.25, -0.2) is 4.98 Å². The quantitative estimate of drug-likeness (QED) is 0.426. The molecule has 1 heterocycles. The number of nitro groups is 1. The highest BCUT2D eigenvalue weighted by atomic mass is 32.2. The van der Waals surface area contributed by atoms with Gasteiger partial charge in [-0.2, -0.15) is 18.4 Å². The molecule has 11 heteroatoms. The van der Waals surface area contributed by atoms with Gasteiger partial charge < -0.3 is 5.32 Å². The lowest BCUT2D eigenvalue weighted by molar-refractivity contribution is -0.385. The highest BCUT2D eigenvalue weighted by molar-refractivity contribution is 8.00. The van der Waals surface area contributed by atoms with Gasteiger partial charge in [0.25, 0.3) is 5.69 Å². The molecular weight excluding hydrogens is 409 g/mol. The number of nitriles is 1. The number of non-ortho nitro benzene ring substituents is 1. The van der Waals surface area contributed by atoms with Crippen LogP contribution in [0.5, 0.6) is 0 Å². The number of carbonyl (C=O) groups is 1. The Morgan fingerprint density at radius 1 is 1.34 bits per heavy atom. The number of alkyl halides is 3. The van der Waals surface area contributed by atoms with E-state index in [1.165, 1.54) is 6.92 Å². The summed E-state index contributed by atoms with van der Waals surface area (Å²) in [6.45, 7) is 4.89. The summed E-state index contributed by atoms with van der Waals surface area (Å²) in [6, 6.07) is 5.80. The highest BCUT2D eigenvalue weighted by Gasteiger charge is 2.36. The normalized spacial score (nSPS) is 12.2. The number of benzene rings is 1. The first kappa shape index (κ1) is 22.2. The van der Waals surface area contributed by atoms with E-state index < -0.39 is 39.2 Å². The van der Waals surface area contributed by atoms with Crippen LogP contribution >= 0.6 is 11.8 Å². The largest absolute Gasteiger partial charge is 0.418 e. The average molecular weight is 424 g/mol. The summed E-state index contributed by atoms with van der Waals surface area (Å²) < 4.78 is 39.8. The van der Waals surface area contributed by atoms with Crippen LogP contribution in [0, 0.1) is 35.3 Å². The smallest absolute Gasteiger partial charge is 0.325 e. The van der Waals surface area contributed by atoms with Crippen molar-refractivity contribution in [2.24, 2.45) is 0 Å². The summed E-state index contributed by atoms with van der Waals surface area (Å²) in [6.07, 6.45) is -4.89. The van der Waals surface area contributed by atoms with Crippen LogP contribution in [-0.4, -0.2) is 21.1 Å². The van der Waals surface area contributed by atoms with Gasteiger partial charge in [-0.1, -0.05) is 11.8 Å². The lowest BCUT2D eigenvalue weighted by Gasteiger charge is -2.16. The number of aromatic nitrogens is 1. The van der Waals surface area contributed by atoms with Crippen LogP contribution in [0.4, 0.5) is 24.5 Å². The third kappa shape index (κ3) is 5.23. The number of halogens is 3. The van der Waals surface area contributed by atoms with E-state index in [0.717, 1.165) is 23.9 Å². The number of rotatable bonds is 5. The van der Waals surface area contributed by atoms with Crippen molar-refractivity contribution in [3.8, 4) is 6.07 Å². The van der Waals surface area contributed by atoms with Crippen molar-refractivity contribution >= 4 is 29.0 Å². The molecule has 0 aliphatic rings. The zero-order valence-electron chi connectivity index (χ0n) is 15.5. The number of hydrogen-bond donors (Lipinski definition) is 1. The van der Waals surface area contributed by atoms with Crippen LogP contribution in [0.2, 0.25) is 0 Å². The maximum Gasteiger partial charge on any atom is 0.418 e. The second kappa shape index (κ2) is 8.48. The third-order valence-electron chi connectivity index (χ3n) is 3.86. The Kier molecular flexibility index (Phi) is 6.48. The van der Waals surface area contributed by atoms with E-state index in [0.29, 0.717) is 22.3 Å². The molecule has 152 valence electrons. The number of nitrogens with one attached hydrogen (secondary N) is 1. The van der Waals surface area contributed by atoms with E-state index in [9.17, 15) is 33.3 Å². The number of anilines is 1. The second-order valence-corrected chi connectivity index (χ2v) is 7.44. The molecular formula is C18H15F3N4O3S. The Bertz CT molecular complexity index is 1020. The van der Waals surface area contributed by atoms with Crippen molar-refractivity contribution in [2.45, 2.75) is 37.2 Å². The molecule has 29 heavy (non-hydrogen) atoms. The maximum atomic E-state index is 13.3. The highest BCUT2D eigenvalue weighted by Crippen LogP contribution is 2.37. The van der Waals surface area contributed by atoms with E-state index in [2.05, 4.69) is 10.3 Å². The number of aryl methyl sites for hydroxylation is 2. The number of nitro benzene ring substituents is 1. The molecule has 1 aromatic carbocycles. The fraction of sp³-hybridized carbons (Fsp3) is 0.278. The minimum absolute atomic E-state index is 0.284. The van der Waals surface area contributed by atoms with Crippen molar-refractivity contribution in [3.05, 3.63) is 56.8 Å². The summed E-state index contributed by atoms with van der Waals surface area (Å²) >= 11 is 0.937. The first-order chi connectivity index (χ1) is 13.4. The van der Waals surface area contributed by atoms with Gasteiger partial charge in [-0.15, -0.1) is 0 Å². The molecule has 0 saturated carbocycles. The van der Waals surface area contributed by atoms with Crippen molar-refractivity contribution in [1.29, 1.82) is 5.26 Å². The van der Waals surface area contributed by atoms with Crippen molar-refractivity contribution in [3.63, 3.8) is 0 Å². The van der Waals surface area contributed by atoms with E-state index >= 15 is 0 Å². The molecule has 0 fully saturated rings. The van der Waals surface area contributed by atoms with Crippen molar-refractivity contribution in [1.82, 2.24) is 4.98 Å². The number of pyridine rings is 1. The fourth-order valence-electron chi connectivity index (χ4n) is 2.47. The number of thioether (sulfide) groups is 1. The minimum atomic E-state index is -4.89. The Hall–Kier alpha value is -3.13. The van der Waals surface area contributed by atoms with Crippen molar-refractivity contribution < 1.29 is 22.9 Å². The SMILES string of the molecule is Cc1cc(C)c(C#N)c(SC(C)C(=O)Nc2ccc([N+](=O)[O-])cc2C(F)(F)F)n1. The predicted molar refractivity (Wildman–Crippen MR) is 100 cm³/mol. The molecule has 2 rings (SSSR count). The molecule has 0 aliphatic heterocycles. The minimum Gasteiger partial charge on any atom is -0.325 e. The van der Waals surface area contributed by atoms with E-state index in [-0.39, 0.29) is 5.56 Å². The summed E-state index contributed by atoms with van der Waals surface area (Å²) in [5.41, 5.74) is -1.06. The van der Waals surface area contributed by atoms with E-state index in [4.69, 9.17) is 0 Å². The zero-order chi connectivity index (χ0) is 21.9. The molecule has 0 aliphatic carbocycles. The second-order valence-electron chi connectivity index (χ2n) is 6.11. The van der Waals surface area contributed by atoms with Gasteiger partial charge in [0, 0.05) is 17.8 Å². The van der Waals surface area contributed by atoms with E-state index in [1.807, 2.05) is 6.07 Å². The third-order valence-corrected chi connectivity index (χ3v) is 4.94. The molecule has 1 aromatic heterocycles. The van der Waals surface area contributed by atoms with Crippen molar-refractivity contribution in [2.75, 3.05) is 5.32 Å². The summed E-state index contributed by atoms with van der Waals surface area (Å²) in [5, 5.41) is 21.6. The predicted octanol–water partition coefficient (Wildman–Crippen LogP) is 4.62.